The fraction of sp³-hybridized carbons (Fsp3) is 0.200. The highest BCUT2D eigenvalue weighted by molar-refractivity contribution is 5.87. The monoisotopic (exact) mass is 206 g/mol. The maximum Gasteiger partial charge on any atom is 0.356 e. The number of fused-ring (bicyclic) bond motifs is 1. The van der Waals surface area contributed by atoms with Crippen LogP contribution in [-0.4, -0.2) is 27.6 Å². The van der Waals surface area contributed by atoms with E-state index in [0.717, 1.165) is 0 Å². The lowest BCUT2D eigenvalue weighted by Gasteiger charge is -2.00. The molecule has 15 heavy (non-hydrogen) atoms. The molecule has 0 amide bonds. The molecule has 2 heterocycles. The van der Waals surface area contributed by atoms with Gasteiger partial charge in [-0.1, -0.05) is 0 Å². The fourth-order valence-corrected chi connectivity index (χ4v) is 1.48. The van der Waals surface area contributed by atoms with Gasteiger partial charge in [0.25, 0.3) is 0 Å². The zero-order valence-electron chi connectivity index (χ0n) is 8.39. The summed E-state index contributed by atoms with van der Waals surface area (Å²) < 4.78 is 6.75. The van der Waals surface area contributed by atoms with Gasteiger partial charge in [-0.2, -0.15) is 0 Å². The first-order chi connectivity index (χ1) is 7.13. The number of hydrogen-bond donors (Lipinski definition) is 1. The number of hydrogen-bond acceptors (Lipinski definition) is 3. The van der Waals surface area contributed by atoms with Crippen molar-refractivity contribution in [3.63, 3.8) is 0 Å². The van der Waals surface area contributed by atoms with Crippen molar-refractivity contribution in [3.8, 4) is 5.75 Å². The van der Waals surface area contributed by atoms with Crippen LogP contribution >= 0.6 is 0 Å². The Labute approximate surface area is 85.9 Å². The second kappa shape index (κ2) is 3.27. The van der Waals surface area contributed by atoms with Crippen LogP contribution in [0.3, 0.4) is 0 Å². The number of methoxy groups -OCH3 is 1. The maximum atomic E-state index is 10.8. The van der Waals surface area contributed by atoms with E-state index in [4.69, 9.17) is 9.84 Å². The van der Waals surface area contributed by atoms with E-state index >= 15 is 0 Å². The fourth-order valence-electron chi connectivity index (χ4n) is 1.48. The molecule has 2 aromatic rings. The Kier molecular flexibility index (Phi) is 2.07. The molecule has 5 nitrogen and oxygen atoms in total. The van der Waals surface area contributed by atoms with E-state index in [0.29, 0.717) is 17.1 Å². The lowest BCUT2D eigenvalue weighted by Crippen LogP contribution is -1.99. The molecule has 2 rings (SSSR count). The Morgan fingerprint density at radius 1 is 1.60 bits per heavy atom. The Balaban J connectivity index is 2.70. The zero-order chi connectivity index (χ0) is 11.0. The molecule has 0 aliphatic rings. The van der Waals surface area contributed by atoms with Gasteiger partial charge < -0.3 is 14.2 Å². The Bertz CT molecular complexity index is 531. The van der Waals surface area contributed by atoms with Gasteiger partial charge in [-0.15, -0.1) is 0 Å². The first-order valence-corrected chi connectivity index (χ1v) is 4.39. The lowest BCUT2D eigenvalue weighted by atomic mass is 10.3. The summed E-state index contributed by atoms with van der Waals surface area (Å²) in [5.74, 6) is -0.361. The van der Waals surface area contributed by atoms with E-state index in [-0.39, 0.29) is 5.69 Å². The summed E-state index contributed by atoms with van der Waals surface area (Å²) in [6.07, 6.45) is 1.74. The van der Waals surface area contributed by atoms with Crippen LogP contribution in [0.2, 0.25) is 0 Å². The van der Waals surface area contributed by atoms with E-state index in [1.807, 2.05) is 0 Å². The number of imidazole rings is 1. The molecule has 0 atom stereocenters. The van der Waals surface area contributed by atoms with Gasteiger partial charge in [0.05, 0.1) is 12.8 Å². The highest BCUT2D eigenvalue weighted by atomic mass is 16.5. The molecule has 0 saturated carbocycles. The van der Waals surface area contributed by atoms with Crippen molar-refractivity contribution < 1.29 is 14.6 Å². The SMILES string of the molecule is COc1ccn2c(C)c(C(=O)O)nc2c1. The van der Waals surface area contributed by atoms with Gasteiger partial charge in [-0.25, -0.2) is 9.78 Å². The predicted molar refractivity (Wildman–Crippen MR) is 53.4 cm³/mol. The van der Waals surface area contributed by atoms with Gasteiger partial charge in [-0.05, 0) is 13.0 Å². The first kappa shape index (κ1) is 9.51. The van der Waals surface area contributed by atoms with Gasteiger partial charge in [-0.3, -0.25) is 0 Å². The summed E-state index contributed by atoms with van der Waals surface area (Å²) in [7, 11) is 1.56. The van der Waals surface area contributed by atoms with Crippen molar-refractivity contribution in [2.45, 2.75) is 6.92 Å². The highest BCUT2D eigenvalue weighted by Crippen LogP contribution is 2.17. The number of carboxylic acids is 1. The van der Waals surface area contributed by atoms with Gasteiger partial charge in [0.2, 0.25) is 0 Å². The largest absolute Gasteiger partial charge is 0.497 e. The molecule has 0 fully saturated rings. The number of ether oxygens (including phenoxy) is 1. The normalized spacial score (nSPS) is 10.5. The first-order valence-electron chi connectivity index (χ1n) is 4.39. The van der Waals surface area contributed by atoms with Crippen molar-refractivity contribution in [2.24, 2.45) is 0 Å². The molecular weight excluding hydrogens is 196 g/mol. The molecule has 0 radical (unpaired) electrons. The third-order valence-electron chi connectivity index (χ3n) is 2.27. The summed E-state index contributed by atoms with van der Waals surface area (Å²) >= 11 is 0. The molecule has 0 saturated heterocycles. The summed E-state index contributed by atoms with van der Waals surface area (Å²) in [6.45, 7) is 1.72. The summed E-state index contributed by atoms with van der Waals surface area (Å²) in [5, 5.41) is 8.89. The molecule has 1 N–H and O–H groups in total. The zero-order valence-corrected chi connectivity index (χ0v) is 8.39. The standard InChI is InChI=1S/C10H10N2O3/c1-6-9(10(13)14)11-8-5-7(15-2)3-4-12(6)8/h3-5H,1-2H3,(H,13,14). The average molecular weight is 206 g/mol. The molecule has 0 aliphatic heterocycles. The molecule has 78 valence electrons. The van der Waals surface area contributed by atoms with Crippen molar-refractivity contribution in [1.29, 1.82) is 0 Å². The second-order valence-electron chi connectivity index (χ2n) is 3.15. The number of rotatable bonds is 2. The van der Waals surface area contributed by atoms with Gasteiger partial charge in [0.1, 0.15) is 11.4 Å². The number of aromatic nitrogens is 2. The molecule has 5 heteroatoms. The highest BCUT2D eigenvalue weighted by Gasteiger charge is 2.14. The van der Waals surface area contributed by atoms with Crippen LogP contribution in [0.4, 0.5) is 0 Å². The molecule has 2 aromatic heterocycles. The van der Waals surface area contributed by atoms with Crippen molar-refractivity contribution in [3.05, 3.63) is 29.7 Å². The number of pyridine rings is 1. The van der Waals surface area contributed by atoms with Crippen LogP contribution in [0.15, 0.2) is 18.3 Å². The summed E-state index contributed by atoms with van der Waals surface area (Å²) in [6, 6.07) is 3.45. The average Bonchev–Trinajstić information content (AvgIpc) is 2.55. The van der Waals surface area contributed by atoms with Crippen LogP contribution in [0, 0.1) is 6.92 Å². The van der Waals surface area contributed by atoms with Crippen LogP contribution < -0.4 is 4.74 Å². The van der Waals surface area contributed by atoms with Crippen LogP contribution in [0.5, 0.6) is 5.75 Å². The topological polar surface area (TPSA) is 63.8 Å². The minimum Gasteiger partial charge on any atom is -0.497 e. The molecule has 0 spiro atoms. The molecule has 0 bridgehead atoms. The van der Waals surface area contributed by atoms with Gasteiger partial charge in [0.15, 0.2) is 5.69 Å². The van der Waals surface area contributed by atoms with Gasteiger partial charge in [0, 0.05) is 12.3 Å². The lowest BCUT2D eigenvalue weighted by molar-refractivity contribution is 0.0690. The number of carbonyl (C=O) groups is 1. The predicted octanol–water partition coefficient (Wildman–Crippen LogP) is 1.35. The number of aryl methyl sites for hydroxylation is 1. The Morgan fingerprint density at radius 3 is 2.93 bits per heavy atom. The third-order valence-corrected chi connectivity index (χ3v) is 2.27. The smallest absolute Gasteiger partial charge is 0.356 e. The Morgan fingerprint density at radius 2 is 2.33 bits per heavy atom. The van der Waals surface area contributed by atoms with E-state index in [1.165, 1.54) is 0 Å². The van der Waals surface area contributed by atoms with E-state index in [1.54, 1.807) is 36.8 Å². The molecule has 0 aromatic carbocycles. The molecule has 0 aliphatic carbocycles. The number of aromatic carboxylic acids is 1. The van der Waals surface area contributed by atoms with Crippen LogP contribution in [-0.2, 0) is 0 Å². The minimum atomic E-state index is -1.02. The second-order valence-corrected chi connectivity index (χ2v) is 3.15. The number of nitrogens with zero attached hydrogens (tertiary/aromatic N) is 2. The molecule has 0 unspecified atom stereocenters. The summed E-state index contributed by atoms with van der Waals surface area (Å²) in [4.78, 5) is 14.8. The minimum absolute atomic E-state index is 0.0725. The van der Waals surface area contributed by atoms with Crippen molar-refractivity contribution in [1.82, 2.24) is 9.38 Å². The van der Waals surface area contributed by atoms with Crippen molar-refractivity contribution >= 4 is 11.6 Å². The Hall–Kier alpha value is -2.04. The number of carboxylic acid groups (broad SMARTS) is 1. The van der Waals surface area contributed by atoms with Gasteiger partial charge >= 0.3 is 5.97 Å². The van der Waals surface area contributed by atoms with E-state index in [9.17, 15) is 4.79 Å². The van der Waals surface area contributed by atoms with E-state index in [2.05, 4.69) is 4.98 Å². The third kappa shape index (κ3) is 1.41. The van der Waals surface area contributed by atoms with Crippen LogP contribution in [0.25, 0.3) is 5.65 Å². The van der Waals surface area contributed by atoms with Crippen molar-refractivity contribution in [2.75, 3.05) is 7.11 Å². The summed E-state index contributed by atoms with van der Waals surface area (Å²) in [5.41, 5.74) is 1.26. The van der Waals surface area contributed by atoms with E-state index < -0.39 is 5.97 Å². The quantitative estimate of drug-likeness (QED) is 0.805. The van der Waals surface area contributed by atoms with Crippen LogP contribution in [0.1, 0.15) is 16.2 Å². The maximum absolute atomic E-state index is 10.8. The molecular formula is C10H10N2O3.